The number of aliphatic hydroxyl groups excluding tert-OH is 1. The van der Waals surface area contributed by atoms with Gasteiger partial charge >= 0.3 is 0 Å². The summed E-state index contributed by atoms with van der Waals surface area (Å²) in [6.07, 6.45) is 4.59. The van der Waals surface area contributed by atoms with Crippen molar-refractivity contribution in [3.63, 3.8) is 0 Å². The molecule has 0 radical (unpaired) electrons. The molecule has 4 heterocycles. The zero-order valence-electron chi connectivity index (χ0n) is 17.4. The number of hydrogen-bond acceptors (Lipinski definition) is 7. The minimum absolute atomic E-state index is 0.155. The van der Waals surface area contributed by atoms with E-state index >= 15 is 0 Å². The number of phenols is 1. The molecule has 5 rings (SSSR count). The van der Waals surface area contributed by atoms with Crippen LogP contribution >= 0.6 is 11.6 Å². The summed E-state index contributed by atoms with van der Waals surface area (Å²) in [5, 5.41) is 30.6. The van der Waals surface area contributed by atoms with Crippen molar-refractivity contribution in [2.75, 3.05) is 18.0 Å². The van der Waals surface area contributed by atoms with Gasteiger partial charge in [-0.2, -0.15) is 5.26 Å². The van der Waals surface area contributed by atoms with Crippen molar-refractivity contribution >= 4 is 28.6 Å². The summed E-state index contributed by atoms with van der Waals surface area (Å²) in [5.74, 6) is 0.696. The Labute approximate surface area is 188 Å². The quantitative estimate of drug-likeness (QED) is 0.438. The van der Waals surface area contributed by atoms with E-state index in [9.17, 15) is 15.5 Å². The van der Waals surface area contributed by atoms with E-state index < -0.39 is 0 Å². The molecule has 0 unspecified atom stereocenters. The van der Waals surface area contributed by atoms with Gasteiger partial charge in [0.05, 0.1) is 27.8 Å². The van der Waals surface area contributed by atoms with Crippen LogP contribution in [0.3, 0.4) is 0 Å². The van der Waals surface area contributed by atoms with Gasteiger partial charge in [0.1, 0.15) is 17.5 Å². The molecule has 1 fully saturated rings. The predicted octanol–water partition coefficient (Wildman–Crippen LogP) is 3.72. The van der Waals surface area contributed by atoms with Crippen LogP contribution < -0.4 is 4.90 Å². The summed E-state index contributed by atoms with van der Waals surface area (Å²) < 4.78 is 0. The maximum atomic E-state index is 10.2. The van der Waals surface area contributed by atoms with Gasteiger partial charge in [-0.05, 0) is 36.6 Å². The normalized spacial score (nSPS) is 13.9. The zero-order chi connectivity index (χ0) is 22.6. The summed E-state index contributed by atoms with van der Waals surface area (Å²) in [5.41, 5.74) is 5.07. The van der Waals surface area contributed by atoms with Gasteiger partial charge in [-0.1, -0.05) is 17.7 Å². The molecule has 8 nitrogen and oxygen atoms in total. The van der Waals surface area contributed by atoms with Crippen LogP contribution in [0.5, 0.6) is 5.75 Å². The lowest BCUT2D eigenvalue weighted by molar-refractivity contribution is 0.140. The van der Waals surface area contributed by atoms with Crippen molar-refractivity contribution in [2.45, 2.75) is 20.0 Å². The molecular weight excluding hydrogens is 428 g/mol. The van der Waals surface area contributed by atoms with Crippen LogP contribution in [0.15, 0.2) is 30.7 Å². The number of nitriles is 1. The smallest absolute Gasteiger partial charge is 0.225 e. The Bertz CT molecular complexity index is 1400. The van der Waals surface area contributed by atoms with Crippen molar-refractivity contribution < 1.29 is 10.2 Å². The fraction of sp³-hybridized carbons (Fsp3) is 0.217. The fourth-order valence-corrected chi connectivity index (χ4v) is 4.45. The average molecular weight is 447 g/mol. The molecule has 9 heteroatoms. The monoisotopic (exact) mass is 446 g/mol. The molecule has 0 spiro atoms. The zero-order valence-corrected chi connectivity index (χ0v) is 18.1. The Morgan fingerprint density at radius 3 is 2.53 bits per heavy atom. The van der Waals surface area contributed by atoms with Crippen molar-refractivity contribution in [3.8, 4) is 34.2 Å². The number of aromatic hydroxyl groups is 1. The summed E-state index contributed by atoms with van der Waals surface area (Å²) in [7, 11) is 0. The van der Waals surface area contributed by atoms with Crippen LogP contribution in [0.25, 0.3) is 33.4 Å². The number of benzene rings is 1. The minimum atomic E-state index is -0.343. The Balaban J connectivity index is 1.64. The molecule has 1 aliphatic heterocycles. The number of phenolic OH excluding ortho intramolecular Hbond substituents is 1. The molecule has 160 valence electrons. The molecule has 1 aliphatic rings. The van der Waals surface area contributed by atoms with Gasteiger partial charge < -0.3 is 20.1 Å². The van der Waals surface area contributed by atoms with E-state index in [1.54, 1.807) is 24.7 Å². The van der Waals surface area contributed by atoms with E-state index in [4.69, 9.17) is 11.6 Å². The topological polar surface area (TPSA) is 122 Å². The lowest BCUT2D eigenvalue weighted by atomic mass is 9.92. The molecule has 1 saturated heterocycles. The first-order valence-electron chi connectivity index (χ1n) is 10.0. The second-order valence-electron chi connectivity index (χ2n) is 7.93. The summed E-state index contributed by atoms with van der Waals surface area (Å²) in [6, 6.07) is 5.72. The number of aliphatic hydroxyl groups is 1. The molecule has 0 bridgehead atoms. The average Bonchev–Trinajstić information content (AvgIpc) is 3.11. The first-order valence-corrected chi connectivity index (χ1v) is 10.4. The lowest BCUT2D eigenvalue weighted by Crippen LogP contribution is -2.51. The molecule has 0 aliphatic carbocycles. The molecule has 3 N–H and O–H groups in total. The third kappa shape index (κ3) is 3.06. The number of rotatable bonds is 3. The van der Waals surface area contributed by atoms with Gasteiger partial charge in [0.15, 0.2) is 0 Å². The molecule has 4 aromatic rings. The molecule has 0 atom stereocenters. The number of halogens is 1. The van der Waals surface area contributed by atoms with Gasteiger partial charge in [0, 0.05) is 42.8 Å². The number of aromatic amines is 1. The largest absolute Gasteiger partial charge is 0.508 e. The molecule has 0 amide bonds. The highest BCUT2D eigenvalue weighted by molar-refractivity contribution is 6.38. The van der Waals surface area contributed by atoms with Crippen LogP contribution in [-0.4, -0.2) is 49.3 Å². The highest BCUT2D eigenvalue weighted by atomic mass is 35.5. The Hall–Kier alpha value is -3.67. The Morgan fingerprint density at radius 2 is 1.88 bits per heavy atom. The molecule has 0 saturated carbocycles. The van der Waals surface area contributed by atoms with E-state index in [0.717, 1.165) is 11.1 Å². The van der Waals surface area contributed by atoms with Gasteiger partial charge in [-0.25, -0.2) is 15.0 Å². The number of nitrogens with zero attached hydrogens (tertiary/aromatic N) is 5. The summed E-state index contributed by atoms with van der Waals surface area (Å²) in [6.45, 7) is 4.76. The van der Waals surface area contributed by atoms with E-state index in [0.29, 0.717) is 63.0 Å². The van der Waals surface area contributed by atoms with Gasteiger partial charge in [-0.3, -0.25) is 0 Å². The van der Waals surface area contributed by atoms with Crippen molar-refractivity contribution in [1.82, 2.24) is 19.9 Å². The number of H-pyrrole nitrogens is 1. The minimum Gasteiger partial charge on any atom is -0.508 e. The van der Waals surface area contributed by atoms with E-state index in [1.807, 2.05) is 24.8 Å². The van der Waals surface area contributed by atoms with E-state index in [1.165, 1.54) is 0 Å². The SMILES string of the molecule is Cc1ccc(O)c(C)c1-c1cnc2[nH]c(-c3cnc(N4CC(O)C4)nc3)c(Cl)c2c1C#N. The number of hydrogen-bond donors (Lipinski definition) is 3. The number of anilines is 1. The van der Waals surface area contributed by atoms with Crippen LogP contribution in [0.1, 0.15) is 16.7 Å². The highest BCUT2D eigenvalue weighted by Gasteiger charge is 2.27. The second kappa shape index (κ2) is 7.48. The fourth-order valence-electron chi connectivity index (χ4n) is 4.11. The van der Waals surface area contributed by atoms with Crippen LogP contribution in [0.2, 0.25) is 5.02 Å². The number of nitrogens with one attached hydrogen (secondary N) is 1. The number of pyridine rings is 1. The van der Waals surface area contributed by atoms with Gasteiger partial charge in [0.25, 0.3) is 0 Å². The third-order valence-electron chi connectivity index (χ3n) is 5.86. The van der Waals surface area contributed by atoms with Gasteiger partial charge in [-0.15, -0.1) is 0 Å². The maximum Gasteiger partial charge on any atom is 0.225 e. The summed E-state index contributed by atoms with van der Waals surface area (Å²) >= 11 is 6.73. The van der Waals surface area contributed by atoms with Gasteiger partial charge in [0.2, 0.25) is 5.95 Å². The molecule has 32 heavy (non-hydrogen) atoms. The van der Waals surface area contributed by atoms with E-state index in [2.05, 4.69) is 26.0 Å². The number of aromatic nitrogens is 4. The second-order valence-corrected chi connectivity index (χ2v) is 8.31. The molecular formula is C23H19ClN6O2. The lowest BCUT2D eigenvalue weighted by Gasteiger charge is -2.35. The first-order chi connectivity index (χ1) is 15.4. The van der Waals surface area contributed by atoms with Crippen molar-refractivity contribution in [3.05, 3.63) is 52.4 Å². The highest BCUT2D eigenvalue weighted by Crippen LogP contribution is 2.41. The summed E-state index contributed by atoms with van der Waals surface area (Å²) in [4.78, 5) is 18.3. The van der Waals surface area contributed by atoms with E-state index in [-0.39, 0.29) is 11.9 Å². The molecule has 3 aromatic heterocycles. The number of β-amino-alcohol motifs (C(OH)–C–C–N with tert-alkyl or cyclic N) is 1. The number of fused-ring (bicyclic) bond motifs is 1. The number of aryl methyl sites for hydroxylation is 1. The van der Waals surface area contributed by atoms with Crippen LogP contribution in [0, 0.1) is 25.2 Å². The third-order valence-corrected chi connectivity index (χ3v) is 6.24. The first kappa shape index (κ1) is 20.2. The maximum absolute atomic E-state index is 10.2. The molecule has 1 aromatic carbocycles. The van der Waals surface area contributed by atoms with Crippen LogP contribution in [-0.2, 0) is 0 Å². The standard InChI is InChI=1S/C23H19ClN6O2/c1-11-3-4-17(32)12(2)18(11)16-8-26-22-19(15(16)5-25)20(24)21(29-22)13-6-27-23(28-7-13)30-9-14(31)10-30/h3-4,6-8,14,31-32H,9-10H2,1-2H3,(H,26,29). The predicted molar refractivity (Wildman–Crippen MR) is 122 cm³/mol. The Kier molecular flexibility index (Phi) is 4.73. The van der Waals surface area contributed by atoms with Crippen molar-refractivity contribution in [2.24, 2.45) is 0 Å². The Morgan fingerprint density at radius 1 is 1.16 bits per heavy atom. The van der Waals surface area contributed by atoms with Crippen molar-refractivity contribution in [1.29, 1.82) is 5.26 Å². The van der Waals surface area contributed by atoms with Crippen LogP contribution in [0.4, 0.5) is 5.95 Å².